The van der Waals surface area contributed by atoms with E-state index in [1.165, 1.54) is 6.92 Å². The third-order valence-corrected chi connectivity index (χ3v) is 1.90. The molecule has 0 radical (unpaired) electrons. The molecular formula is C11H14N2O5. The fraction of sp³-hybridized carbons (Fsp3) is 0.273. The Morgan fingerprint density at radius 2 is 1.89 bits per heavy atom. The summed E-state index contributed by atoms with van der Waals surface area (Å²) in [5, 5.41) is 8.25. The van der Waals surface area contributed by atoms with Gasteiger partial charge >= 0.3 is 0 Å². The van der Waals surface area contributed by atoms with E-state index >= 15 is 0 Å². The van der Waals surface area contributed by atoms with Crippen LogP contribution in [0.15, 0.2) is 24.3 Å². The standard InChI is InChI=1S/C11H14N2O5/c1-8(14)12-13-11(15)7-17-10-4-2-9(3-5-10)6-18-16/h2-5,16H,6-7H2,1H3,(H,12,14)(H,13,15). The lowest BCUT2D eigenvalue weighted by atomic mass is 10.2. The molecule has 1 aromatic carbocycles. The molecular weight excluding hydrogens is 240 g/mol. The summed E-state index contributed by atoms with van der Waals surface area (Å²) in [4.78, 5) is 25.7. The van der Waals surface area contributed by atoms with Crippen molar-refractivity contribution in [2.45, 2.75) is 13.5 Å². The number of carbonyl (C=O) groups is 2. The second-order valence-electron chi connectivity index (χ2n) is 3.44. The Labute approximate surface area is 104 Å². The first-order valence-electron chi connectivity index (χ1n) is 5.15. The highest BCUT2D eigenvalue weighted by atomic mass is 17.1. The van der Waals surface area contributed by atoms with Gasteiger partial charge in [0.05, 0.1) is 0 Å². The minimum atomic E-state index is -0.465. The van der Waals surface area contributed by atoms with E-state index in [2.05, 4.69) is 15.7 Å². The summed E-state index contributed by atoms with van der Waals surface area (Å²) in [6.07, 6.45) is 0. The predicted molar refractivity (Wildman–Crippen MR) is 61.3 cm³/mol. The molecule has 0 fully saturated rings. The summed E-state index contributed by atoms with van der Waals surface area (Å²) in [5.41, 5.74) is 5.08. The van der Waals surface area contributed by atoms with Crippen LogP contribution in [-0.4, -0.2) is 23.7 Å². The van der Waals surface area contributed by atoms with Gasteiger partial charge in [-0.1, -0.05) is 12.1 Å². The van der Waals surface area contributed by atoms with Crippen LogP contribution >= 0.6 is 0 Å². The van der Waals surface area contributed by atoms with E-state index in [-0.39, 0.29) is 19.1 Å². The van der Waals surface area contributed by atoms with Crippen LogP contribution in [0.25, 0.3) is 0 Å². The molecule has 0 atom stereocenters. The second kappa shape index (κ2) is 7.25. The van der Waals surface area contributed by atoms with Crippen molar-refractivity contribution in [3.05, 3.63) is 29.8 Å². The van der Waals surface area contributed by atoms with Gasteiger partial charge in [-0.3, -0.25) is 25.7 Å². The summed E-state index contributed by atoms with van der Waals surface area (Å²) in [6, 6.07) is 6.66. The molecule has 0 aliphatic carbocycles. The lowest BCUT2D eigenvalue weighted by molar-refractivity contribution is -0.253. The Morgan fingerprint density at radius 3 is 2.44 bits per heavy atom. The summed E-state index contributed by atoms with van der Waals surface area (Å²) in [6.45, 7) is 1.16. The zero-order chi connectivity index (χ0) is 13.4. The maximum absolute atomic E-state index is 11.2. The van der Waals surface area contributed by atoms with Gasteiger partial charge in [0.2, 0.25) is 5.91 Å². The van der Waals surface area contributed by atoms with Crippen LogP contribution in [0, 0.1) is 0 Å². The molecule has 0 bridgehead atoms. The van der Waals surface area contributed by atoms with Crippen molar-refractivity contribution in [2.24, 2.45) is 0 Å². The lowest BCUT2D eigenvalue weighted by Crippen LogP contribution is -2.42. The summed E-state index contributed by atoms with van der Waals surface area (Å²) in [7, 11) is 0. The van der Waals surface area contributed by atoms with Crippen molar-refractivity contribution in [1.29, 1.82) is 0 Å². The zero-order valence-corrected chi connectivity index (χ0v) is 9.80. The van der Waals surface area contributed by atoms with Gasteiger partial charge in [-0.15, -0.1) is 0 Å². The maximum atomic E-state index is 11.2. The maximum Gasteiger partial charge on any atom is 0.276 e. The first-order valence-corrected chi connectivity index (χ1v) is 5.15. The quantitative estimate of drug-likeness (QED) is 0.516. The average molecular weight is 254 g/mol. The van der Waals surface area contributed by atoms with Gasteiger partial charge in [-0.25, -0.2) is 4.89 Å². The third kappa shape index (κ3) is 5.28. The first-order chi connectivity index (χ1) is 8.61. The fourth-order valence-corrected chi connectivity index (χ4v) is 1.10. The van der Waals surface area contributed by atoms with Crippen LogP contribution in [0.4, 0.5) is 0 Å². The van der Waals surface area contributed by atoms with Crippen LogP contribution in [0.5, 0.6) is 5.75 Å². The minimum Gasteiger partial charge on any atom is -0.484 e. The summed E-state index contributed by atoms with van der Waals surface area (Å²) >= 11 is 0. The van der Waals surface area contributed by atoms with E-state index in [1.54, 1.807) is 24.3 Å². The number of amides is 2. The highest BCUT2D eigenvalue weighted by Crippen LogP contribution is 2.12. The topological polar surface area (TPSA) is 96.9 Å². The van der Waals surface area contributed by atoms with Gasteiger partial charge < -0.3 is 4.74 Å². The molecule has 0 aliphatic rings. The summed E-state index contributed by atoms with van der Waals surface area (Å²) in [5.74, 6) is -0.334. The number of hydrogen-bond acceptors (Lipinski definition) is 5. The van der Waals surface area contributed by atoms with Gasteiger partial charge in [0.25, 0.3) is 5.91 Å². The molecule has 0 saturated heterocycles. The smallest absolute Gasteiger partial charge is 0.276 e. The molecule has 7 heteroatoms. The predicted octanol–water partition coefficient (Wildman–Crippen LogP) is 0.222. The number of nitrogens with one attached hydrogen (secondary N) is 2. The highest BCUT2D eigenvalue weighted by Gasteiger charge is 2.03. The summed E-state index contributed by atoms with van der Waals surface area (Å²) < 4.78 is 5.17. The molecule has 0 aromatic heterocycles. The van der Waals surface area contributed by atoms with Gasteiger partial charge in [-0.2, -0.15) is 0 Å². The van der Waals surface area contributed by atoms with Crippen LogP contribution in [0.3, 0.4) is 0 Å². The number of hydrogen-bond donors (Lipinski definition) is 3. The van der Waals surface area contributed by atoms with Crippen LogP contribution < -0.4 is 15.6 Å². The number of hydrazine groups is 1. The molecule has 2 amide bonds. The van der Waals surface area contributed by atoms with E-state index in [0.29, 0.717) is 5.75 Å². The molecule has 1 aromatic rings. The molecule has 3 N–H and O–H groups in total. The molecule has 98 valence electrons. The molecule has 0 heterocycles. The lowest BCUT2D eigenvalue weighted by Gasteiger charge is -2.07. The monoisotopic (exact) mass is 254 g/mol. The zero-order valence-electron chi connectivity index (χ0n) is 9.80. The van der Waals surface area contributed by atoms with Gasteiger partial charge in [0.15, 0.2) is 6.61 Å². The normalized spacial score (nSPS) is 9.67. The number of rotatable bonds is 5. The van der Waals surface area contributed by atoms with Crippen LogP contribution in [0.2, 0.25) is 0 Å². The fourth-order valence-electron chi connectivity index (χ4n) is 1.10. The van der Waals surface area contributed by atoms with Crippen LogP contribution in [-0.2, 0) is 21.1 Å². The average Bonchev–Trinajstić information content (AvgIpc) is 2.36. The molecule has 7 nitrogen and oxygen atoms in total. The molecule has 18 heavy (non-hydrogen) atoms. The van der Waals surface area contributed by atoms with Crippen molar-refractivity contribution in [3.63, 3.8) is 0 Å². The van der Waals surface area contributed by atoms with E-state index in [0.717, 1.165) is 5.56 Å². The Balaban J connectivity index is 2.34. The molecule has 0 unspecified atom stereocenters. The van der Waals surface area contributed by atoms with E-state index < -0.39 is 5.91 Å². The number of benzene rings is 1. The first kappa shape index (κ1) is 13.9. The molecule has 0 spiro atoms. The largest absolute Gasteiger partial charge is 0.484 e. The minimum absolute atomic E-state index is 0.0866. The third-order valence-electron chi connectivity index (χ3n) is 1.90. The number of ether oxygens (including phenoxy) is 1. The Kier molecular flexibility index (Phi) is 5.62. The Bertz CT molecular complexity index is 404. The molecule has 1 rings (SSSR count). The molecule has 0 aliphatic heterocycles. The van der Waals surface area contributed by atoms with Crippen molar-refractivity contribution in [3.8, 4) is 5.75 Å². The van der Waals surface area contributed by atoms with E-state index in [9.17, 15) is 9.59 Å². The van der Waals surface area contributed by atoms with Crippen molar-refractivity contribution in [1.82, 2.24) is 10.9 Å². The number of carbonyl (C=O) groups excluding carboxylic acids is 2. The van der Waals surface area contributed by atoms with Crippen LogP contribution in [0.1, 0.15) is 12.5 Å². The van der Waals surface area contributed by atoms with Gasteiger partial charge in [0.1, 0.15) is 12.4 Å². The van der Waals surface area contributed by atoms with Crippen molar-refractivity contribution >= 4 is 11.8 Å². The van der Waals surface area contributed by atoms with Gasteiger partial charge in [0, 0.05) is 6.92 Å². The molecule has 0 saturated carbocycles. The van der Waals surface area contributed by atoms with Gasteiger partial charge in [-0.05, 0) is 17.7 Å². The van der Waals surface area contributed by atoms with Crippen molar-refractivity contribution in [2.75, 3.05) is 6.61 Å². The van der Waals surface area contributed by atoms with Crippen molar-refractivity contribution < 1.29 is 24.5 Å². The highest BCUT2D eigenvalue weighted by molar-refractivity contribution is 5.81. The van der Waals surface area contributed by atoms with E-state index in [1.807, 2.05) is 0 Å². The Morgan fingerprint density at radius 1 is 1.22 bits per heavy atom. The Hall–Kier alpha value is -2.12. The van der Waals surface area contributed by atoms with E-state index in [4.69, 9.17) is 9.99 Å². The SMILES string of the molecule is CC(=O)NNC(=O)COc1ccc(COO)cc1. The second-order valence-corrected chi connectivity index (χ2v) is 3.44.